The smallest absolute Gasteiger partial charge is 0.120 e. The summed E-state index contributed by atoms with van der Waals surface area (Å²) < 4.78 is 11.6. The van der Waals surface area contributed by atoms with Crippen molar-refractivity contribution >= 4 is 11.6 Å². The van der Waals surface area contributed by atoms with E-state index in [1.165, 1.54) is 25.9 Å². The Morgan fingerprint density at radius 2 is 1.61 bits per heavy atom. The van der Waals surface area contributed by atoms with Crippen LogP contribution in [-0.4, -0.2) is 31.1 Å². The molecule has 4 heteroatoms. The van der Waals surface area contributed by atoms with E-state index in [2.05, 4.69) is 4.90 Å². The van der Waals surface area contributed by atoms with Gasteiger partial charge in [0, 0.05) is 11.6 Å². The van der Waals surface area contributed by atoms with E-state index in [9.17, 15) is 0 Å². The van der Waals surface area contributed by atoms with Crippen molar-refractivity contribution in [1.29, 1.82) is 0 Å². The van der Waals surface area contributed by atoms with Gasteiger partial charge in [0.25, 0.3) is 0 Å². The third-order valence-corrected chi connectivity index (χ3v) is 4.23. The molecule has 0 radical (unpaired) electrons. The van der Waals surface area contributed by atoms with Crippen LogP contribution in [0.15, 0.2) is 48.5 Å². The van der Waals surface area contributed by atoms with E-state index in [4.69, 9.17) is 21.1 Å². The van der Waals surface area contributed by atoms with Crippen LogP contribution in [-0.2, 0) is 6.61 Å². The molecule has 0 N–H and O–H groups in total. The average Bonchev–Trinajstić information content (AvgIpc) is 3.08. The Balaban J connectivity index is 1.43. The number of rotatable bonds is 7. The monoisotopic (exact) mass is 331 g/mol. The van der Waals surface area contributed by atoms with Crippen LogP contribution in [0, 0.1) is 0 Å². The van der Waals surface area contributed by atoms with Crippen LogP contribution in [0.2, 0.25) is 5.02 Å². The Morgan fingerprint density at radius 1 is 0.913 bits per heavy atom. The van der Waals surface area contributed by atoms with E-state index in [1.54, 1.807) is 0 Å². The SMILES string of the molecule is Clc1cccc(COc2ccc(OCCN3CCCC3)cc2)c1. The number of nitrogens with zero attached hydrogens (tertiary/aromatic N) is 1. The fraction of sp³-hybridized carbons (Fsp3) is 0.368. The van der Waals surface area contributed by atoms with Crippen LogP contribution in [0.4, 0.5) is 0 Å². The number of hydrogen-bond donors (Lipinski definition) is 0. The Bertz CT molecular complexity index is 609. The summed E-state index contributed by atoms with van der Waals surface area (Å²) in [6.45, 7) is 4.67. The van der Waals surface area contributed by atoms with Crippen molar-refractivity contribution in [2.24, 2.45) is 0 Å². The van der Waals surface area contributed by atoms with Gasteiger partial charge in [-0.05, 0) is 67.9 Å². The number of likely N-dealkylation sites (tertiary alicyclic amines) is 1. The lowest BCUT2D eigenvalue weighted by atomic mass is 10.2. The maximum Gasteiger partial charge on any atom is 0.120 e. The molecule has 1 fully saturated rings. The molecule has 0 atom stereocenters. The minimum Gasteiger partial charge on any atom is -0.492 e. The number of hydrogen-bond acceptors (Lipinski definition) is 3. The maximum absolute atomic E-state index is 5.97. The van der Waals surface area contributed by atoms with E-state index in [1.807, 2.05) is 48.5 Å². The highest BCUT2D eigenvalue weighted by molar-refractivity contribution is 6.30. The van der Waals surface area contributed by atoms with Crippen molar-refractivity contribution in [3.8, 4) is 11.5 Å². The van der Waals surface area contributed by atoms with Crippen molar-refractivity contribution in [3.63, 3.8) is 0 Å². The zero-order chi connectivity index (χ0) is 15.9. The zero-order valence-corrected chi connectivity index (χ0v) is 14.0. The van der Waals surface area contributed by atoms with E-state index in [-0.39, 0.29) is 0 Å². The first-order chi connectivity index (χ1) is 11.3. The molecule has 2 aromatic rings. The number of halogens is 1. The highest BCUT2D eigenvalue weighted by Crippen LogP contribution is 2.19. The van der Waals surface area contributed by atoms with E-state index in [0.29, 0.717) is 6.61 Å². The quantitative estimate of drug-likeness (QED) is 0.751. The number of ether oxygens (including phenoxy) is 2. The third kappa shape index (κ3) is 5.15. The normalized spacial score (nSPS) is 14.8. The lowest BCUT2D eigenvalue weighted by Crippen LogP contribution is -2.25. The van der Waals surface area contributed by atoms with Crippen molar-refractivity contribution in [2.75, 3.05) is 26.2 Å². The molecule has 0 amide bonds. The molecule has 0 saturated carbocycles. The highest BCUT2D eigenvalue weighted by Gasteiger charge is 2.10. The summed E-state index contributed by atoms with van der Waals surface area (Å²) in [4.78, 5) is 2.45. The first kappa shape index (κ1) is 16.2. The fourth-order valence-corrected chi connectivity index (χ4v) is 2.94. The first-order valence-corrected chi connectivity index (χ1v) is 8.50. The van der Waals surface area contributed by atoms with Gasteiger partial charge in [-0.3, -0.25) is 4.90 Å². The standard InChI is InChI=1S/C19H22ClNO2/c20-17-5-3-4-16(14-17)15-23-19-8-6-18(7-9-19)22-13-12-21-10-1-2-11-21/h3-9,14H,1-2,10-13,15H2. The molecule has 3 nitrogen and oxygen atoms in total. The second kappa shape index (κ2) is 8.23. The number of benzene rings is 2. The molecule has 1 heterocycles. The molecular weight excluding hydrogens is 310 g/mol. The summed E-state index contributed by atoms with van der Waals surface area (Å²) in [6.07, 6.45) is 2.64. The van der Waals surface area contributed by atoms with E-state index >= 15 is 0 Å². The molecule has 0 unspecified atom stereocenters. The van der Waals surface area contributed by atoms with Gasteiger partial charge in [0.2, 0.25) is 0 Å². The molecule has 1 saturated heterocycles. The van der Waals surface area contributed by atoms with Gasteiger partial charge in [-0.15, -0.1) is 0 Å². The summed E-state index contributed by atoms with van der Waals surface area (Å²) in [5, 5.41) is 0.729. The average molecular weight is 332 g/mol. The molecule has 1 aliphatic heterocycles. The van der Waals surface area contributed by atoms with E-state index in [0.717, 1.165) is 35.2 Å². The Hall–Kier alpha value is -1.71. The van der Waals surface area contributed by atoms with Crippen LogP contribution in [0.3, 0.4) is 0 Å². The lowest BCUT2D eigenvalue weighted by molar-refractivity contribution is 0.237. The molecule has 23 heavy (non-hydrogen) atoms. The first-order valence-electron chi connectivity index (χ1n) is 8.12. The fourth-order valence-electron chi connectivity index (χ4n) is 2.72. The Morgan fingerprint density at radius 3 is 2.30 bits per heavy atom. The van der Waals surface area contributed by atoms with Gasteiger partial charge in [-0.25, -0.2) is 0 Å². The Kier molecular flexibility index (Phi) is 5.78. The molecule has 2 aromatic carbocycles. The molecule has 0 spiro atoms. The van der Waals surface area contributed by atoms with Gasteiger partial charge in [0.15, 0.2) is 0 Å². The molecule has 1 aliphatic rings. The van der Waals surface area contributed by atoms with E-state index < -0.39 is 0 Å². The molecule has 3 rings (SSSR count). The molecule has 122 valence electrons. The summed E-state index contributed by atoms with van der Waals surface area (Å²) >= 11 is 5.97. The van der Waals surface area contributed by atoms with Crippen LogP contribution < -0.4 is 9.47 Å². The molecule has 0 bridgehead atoms. The highest BCUT2D eigenvalue weighted by atomic mass is 35.5. The molecule has 0 aliphatic carbocycles. The minimum absolute atomic E-state index is 0.510. The van der Waals surface area contributed by atoms with Gasteiger partial charge < -0.3 is 9.47 Å². The van der Waals surface area contributed by atoms with Crippen LogP contribution >= 0.6 is 11.6 Å². The van der Waals surface area contributed by atoms with Crippen LogP contribution in [0.1, 0.15) is 18.4 Å². The van der Waals surface area contributed by atoms with Crippen LogP contribution in [0.5, 0.6) is 11.5 Å². The van der Waals surface area contributed by atoms with Crippen molar-refractivity contribution < 1.29 is 9.47 Å². The third-order valence-electron chi connectivity index (χ3n) is 3.99. The largest absolute Gasteiger partial charge is 0.492 e. The molecular formula is C19H22ClNO2. The lowest BCUT2D eigenvalue weighted by Gasteiger charge is -2.15. The second-order valence-electron chi connectivity index (χ2n) is 5.79. The molecule has 0 aromatic heterocycles. The predicted molar refractivity (Wildman–Crippen MR) is 93.4 cm³/mol. The van der Waals surface area contributed by atoms with Gasteiger partial charge in [-0.2, -0.15) is 0 Å². The summed E-state index contributed by atoms with van der Waals surface area (Å²) in [6, 6.07) is 15.5. The van der Waals surface area contributed by atoms with Crippen molar-refractivity contribution in [2.45, 2.75) is 19.4 Å². The van der Waals surface area contributed by atoms with Gasteiger partial charge >= 0.3 is 0 Å². The summed E-state index contributed by atoms with van der Waals surface area (Å²) in [5.41, 5.74) is 1.06. The van der Waals surface area contributed by atoms with Gasteiger partial charge in [-0.1, -0.05) is 23.7 Å². The minimum atomic E-state index is 0.510. The predicted octanol–water partition coefficient (Wildman–Crippen LogP) is 4.39. The van der Waals surface area contributed by atoms with Crippen LogP contribution in [0.25, 0.3) is 0 Å². The maximum atomic E-state index is 5.97. The summed E-state index contributed by atoms with van der Waals surface area (Å²) in [7, 11) is 0. The van der Waals surface area contributed by atoms with Gasteiger partial charge in [0.05, 0.1) is 0 Å². The zero-order valence-electron chi connectivity index (χ0n) is 13.2. The van der Waals surface area contributed by atoms with Gasteiger partial charge in [0.1, 0.15) is 24.7 Å². The van der Waals surface area contributed by atoms with Crippen molar-refractivity contribution in [3.05, 3.63) is 59.1 Å². The van der Waals surface area contributed by atoms with Crippen molar-refractivity contribution in [1.82, 2.24) is 4.90 Å². The topological polar surface area (TPSA) is 21.7 Å². The summed E-state index contributed by atoms with van der Waals surface area (Å²) in [5.74, 6) is 1.72. The Labute approximate surface area is 142 Å². The second-order valence-corrected chi connectivity index (χ2v) is 6.22.